The maximum Gasteiger partial charge on any atom is 0.339 e. The van der Waals surface area contributed by atoms with Crippen LogP contribution in [0.25, 0.3) is 22.2 Å². The summed E-state index contributed by atoms with van der Waals surface area (Å²) >= 11 is 3.47. The maximum atomic E-state index is 13.4. The van der Waals surface area contributed by atoms with Gasteiger partial charge in [-0.2, -0.15) is 0 Å². The number of aromatic nitrogens is 1. The van der Waals surface area contributed by atoms with Gasteiger partial charge in [0.05, 0.1) is 39.2 Å². The molecule has 222 valence electrons. The van der Waals surface area contributed by atoms with Crippen molar-refractivity contribution in [3.05, 3.63) is 98.0 Å². The highest BCUT2D eigenvalue weighted by molar-refractivity contribution is 9.10. The zero-order chi connectivity index (χ0) is 31.1. The normalized spacial score (nSPS) is 17.9. The number of nitro groups is 1. The van der Waals surface area contributed by atoms with E-state index in [0.29, 0.717) is 27.8 Å². The van der Waals surface area contributed by atoms with Crippen LogP contribution in [0.2, 0.25) is 0 Å². The van der Waals surface area contributed by atoms with E-state index in [4.69, 9.17) is 9.72 Å². The number of carbonyl (C=O) groups excluding carboxylic acids is 4. The first-order valence-electron chi connectivity index (χ1n) is 14.2. The van der Waals surface area contributed by atoms with Gasteiger partial charge in [-0.3, -0.25) is 29.4 Å². The molecule has 2 unspecified atom stereocenters. The van der Waals surface area contributed by atoms with Crippen molar-refractivity contribution < 1.29 is 28.8 Å². The van der Waals surface area contributed by atoms with E-state index in [-0.39, 0.29) is 40.5 Å². The molecule has 1 aliphatic heterocycles. The third-order valence-electron chi connectivity index (χ3n) is 8.29. The number of Topliss-reactive ketones (excluding diaryl/α,β-unsaturated/α-hetero) is 1. The molecule has 0 bridgehead atoms. The van der Waals surface area contributed by atoms with Gasteiger partial charge in [-0.15, -0.1) is 0 Å². The van der Waals surface area contributed by atoms with Crippen LogP contribution in [0.3, 0.4) is 0 Å². The predicted octanol–water partition coefficient (Wildman–Crippen LogP) is 6.60. The number of esters is 1. The van der Waals surface area contributed by atoms with Gasteiger partial charge in [0.15, 0.2) is 12.4 Å². The highest BCUT2D eigenvalue weighted by Crippen LogP contribution is 2.40. The van der Waals surface area contributed by atoms with Crippen LogP contribution < -0.4 is 4.90 Å². The van der Waals surface area contributed by atoms with E-state index in [1.165, 1.54) is 29.2 Å². The fourth-order valence-corrected chi connectivity index (χ4v) is 6.60. The Morgan fingerprint density at radius 3 is 2.23 bits per heavy atom. The van der Waals surface area contributed by atoms with Crippen LogP contribution in [-0.2, 0) is 14.3 Å². The fourth-order valence-electron chi connectivity index (χ4n) is 6.03. The number of nitrogens with zero attached hydrogens (tertiary/aromatic N) is 3. The zero-order valence-corrected chi connectivity index (χ0v) is 25.2. The van der Waals surface area contributed by atoms with E-state index in [1.807, 2.05) is 13.0 Å². The summed E-state index contributed by atoms with van der Waals surface area (Å²) in [5, 5.41) is 11.4. The first-order chi connectivity index (χ1) is 21.1. The lowest BCUT2D eigenvalue weighted by Crippen LogP contribution is -2.30. The second kappa shape index (κ2) is 11.7. The van der Waals surface area contributed by atoms with Crippen LogP contribution in [0, 0.1) is 28.9 Å². The number of nitro benzene ring substituents is 1. The highest BCUT2D eigenvalue weighted by Gasteiger charge is 2.48. The number of benzene rings is 3. The van der Waals surface area contributed by atoms with Crippen molar-refractivity contribution in [1.82, 2.24) is 4.98 Å². The van der Waals surface area contributed by atoms with E-state index >= 15 is 0 Å². The van der Waals surface area contributed by atoms with Crippen LogP contribution in [0.5, 0.6) is 0 Å². The summed E-state index contributed by atoms with van der Waals surface area (Å²) in [7, 11) is 0. The van der Waals surface area contributed by atoms with Crippen molar-refractivity contribution in [2.45, 2.75) is 32.6 Å². The molecule has 11 heteroatoms. The summed E-state index contributed by atoms with van der Waals surface area (Å²) in [6.07, 6.45) is 3.37. The standard InChI is InChI=1S/C33H26BrN3O7/c1-18-14-21(34)15-26-27(33(41)44-17-29(38)20-8-12-23(13-9-20)37(42)43)16-28(35-30(18)26)19-6-10-22(11-7-19)36-31(39)24-4-2-3-5-25(24)32(36)40/h6-16,24-25H,2-5,17H2,1H3. The van der Waals surface area contributed by atoms with Crippen molar-refractivity contribution in [3.8, 4) is 11.3 Å². The minimum absolute atomic E-state index is 0.147. The van der Waals surface area contributed by atoms with Crippen LogP contribution in [-0.4, -0.2) is 40.1 Å². The molecular weight excluding hydrogens is 630 g/mol. The smallest absolute Gasteiger partial charge is 0.339 e. The number of non-ortho nitro benzene ring substituents is 1. The van der Waals surface area contributed by atoms with E-state index < -0.39 is 23.3 Å². The highest BCUT2D eigenvalue weighted by atomic mass is 79.9. The van der Waals surface area contributed by atoms with Crippen molar-refractivity contribution in [3.63, 3.8) is 0 Å². The SMILES string of the molecule is Cc1cc(Br)cc2c(C(=O)OCC(=O)c3ccc([N+](=O)[O-])cc3)cc(-c3ccc(N4C(=O)C5CCCCC5C4=O)cc3)nc12. The van der Waals surface area contributed by atoms with Gasteiger partial charge in [0.2, 0.25) is 11.8 Å². The number of carbonyl (C=O) groups is 4. The number of hydrogen-bond acceptors (Lipinski definition) is 8. The molecule has 1 aromatic heterocycles. The molecule has 6 rings (SSSR count). The van der Waals surface area contributed by atoms with Gasteiger partial charge in [0, 0.05) is 33.1 Å². The zero-order valence-electron chi connectivity index (χ0n) is 23.6. The summed E-state index contributed by atoms with van der Waals surface area (Å²) in [6, 6.07) is 17.2. The van der Waals surface area contributed by atoms with E-state index in [0.717, 1.165) is 35.7 Å². The number of ketones is 1. The molecule has 10 nitrogen and oxygen atoms in total. The number of anilines is 1. The maximum absolute atomic E-state index is 13.4. The number of imide groups is 1. The number of ether oxygens (including phenoxy) is 1. The Morgan fingerprint density at radius 2 is 1.61 bits per heavy atom. The Hall–Kier alpha value is -4.77. The van der Waals surface area contributed by atoms with E-state index in [2.05, 4.69) is 15.9 Å². The molecule has 1 saturated carbocycles. The molecule has 2 atom stereocenters. The Labute approximate surface area is 260 Å². The molecule has 1 saturated heterocycles. The quantitative estimate of drug-likeness (QED) is 0.0714. The second-order valence-corrected chi connectivity index (χ2v) is 11.9. The van der Waals surface area contributed by atoms with Gasteiger partial charge < -0.3 is 4.74 Å². The second-order valence-electron chi connectivity index (χ2n) is 11.0. The summed E-state index contributed by atoms with van der Waals surface area (Å²) in [5.74, 6) is -2.04. The average molecular weight is 656 g/mol. The largest absolute Gasteiger partial charge is 0.454 e. The number of rotatable bonds is 7. The minimum Gasteiger partial charge on any atom is -0.454 e. The first kappa shape index (κ1) is 29.3. The molecule has 1 aliphatic carbocycles. The molecule has 0 spiro atoms. The van der Waals surface area contributed by atoms with Crippen LogP contribution >= 0.6 is 15.9 Å². The summed E-state index contributed by atoms with van der Waals surface area (Å²) in [4.78, 5) is 68.6. The van der Waals surface area contributed by atoms with Gasteiger partial charge in [0.25, 0.3) is 5.69 Å². The van der Waals surface area contributed by atoms with E-state index in [9.17, 15) is 29.3 Å². The summed E-state index contributed by atoms with van der Waals surface area (Å²) in [5.41, 5.74) is 3.22. The molecule has 4 aromatic rings. The molecule has 44 heavy (non-hydrogen) atoms. The van der Waals surface area contributed by atoms with Gasteiger partial charge >= 0.3 is 5.97 Å². The van der Waals surface area contributed by atoms with Gasteiger partial charge in [-0.05, 0) is 67.8 Å². The topological polar surface area (TPSA) is 137 Å². The predicted molar refractivity (Wildman–Crippen MR) is 165 cm³/mol. The molecule has 2 heterocycles. The Morgan fingerprint density at radius 1 is 0.977 bits per heavy atom. The van der Waals surface area contributed by atoms with Gasteiger partial charge in [-0.1, -0.05) is 40.9 Å². The van der Waals surface area contributed by atoms with Crippen molar-refractivity contribution in [1.29, 1.82) is 0 Å². The lowest BCUT2D eigenvalue weighted by Gasteiger charge is -2.19. The number of aryl methyl sites for hydroxylation is 1. The van der Waals surface area contributed by atoms with Crippen LogP contribution in [0.15, 0.2) is 71.2 Å². The monoisotopic (exact) mass is 655 g/mol. The van der Waals surface area contributed by atoms with Crippen LogP contribution in [0.4, 0.5) is 11.4 Å². The Bertz CT molecular complexity index is 1830. The minimum atomic E-state index is -0.737. The average Bonchev–Trinajstić information content (AvgIpc) is 3.28. The number of halogens is 1. The third kappa shape index (κ3) is 5.39. The molecule has 2 fully saturated rings. The summed E-state index contributed by atoms with van der Waals surface area (Å²) < 4.78 is 6.14. The Balaban J connectivity index is 1.28. The van der Waals surface area contributed by atoms with Crippen LogP contribution in [0.1, 0.15) is 52.0 Å². The van der Waals surface area contributed by atoms with Gasteiger partial charge in [0.1, 0.15) is 0 Å². The number of hydrogen-bond donors (Lipinski definition) is 0. The van der Waals surface area contributed by atoms with Crippen molar-refractivity contribution in [2.75, 3.05) is 11.5 Å². The van der Waals surface area contributed by atoms with Crippen molar-refractivity contribution in [2.24, 2.45) is 11.8 Å². The summed E-state index contributed by atoms with van der Waals surface area (Å²) in [6.45, 7) is 1.31. The molecular formula is C33H26BrN3O7. The number of fused-ring (bicyclic) bond motifs is 2. The third-order valence-corrected chi connectivity index (χ3v) is 8.74. The first-order valence-corrected chi connectivity index (χ1v) is 15.0. The Kier molecular flexibility index (Phi) is 7.81. The van der Waals surface area contributed by atoms with Gasteiger partial charge in [-0.25, -0.2) is 9.78 Å². The lowest BCUT2D eigenvalue weighted by atomic mass is 9.81. The molecule has 0 radical (unpaired) electrons. The molecule has 2 amide bonds. The molecule has 2 aliphatic rings. The molecule has 3 aromatic carbocycles. The fraction of sp³-hybridized carbons (Fsp3) is 0.242. The lowest BCUT2D eigenvalue weighted by molar-refractivity contribution is -0.384. The molecule has 0 N–H and O–H groups in total. The van der Waals surface area contributed by atoms with E-state index in [1.54, 1.807) is 36.4 Å². The number of amides is 2. The number of pyridine rings is 1. The van der Waals surface area contributed by atoms with Crippen molar-refractivity contribution >= 4 is 61.8 Å².